The third-order valence-electron chi connectivity index (χ3n) is 22.7. The third kappa shape index (κ3) is 8.45. The lowest BCUT2D eigenvalue weighted by atomic mass is 9.34. The smallest absolute Gasteiger partial charge is 0.256 e. The summed E-state index contributed by atoms with van der Waals surface area (Å²) in [4.78, 5) is 0. The summed E-state index contributed by atoms with van der Waals surface area (Å²) < 4.78 is 13.2. The Morgan fingerprint density at radius 2 is 0.818 bits per heavy atom. The van der Waals surface area contributed by atoms with Crippen LogP contribution in [-0.4, -0.2) is 15.8 Å². The van der Waals surface area contributed by atoms with Gasteiger partial charge in [0.1, 0.15) is 11.5 Å². The fourth-order valence-corrected chi connectivity index (χ4v) is 18.2. The molecule has 15 aromatic rings. The molecule has 1 spiro atoms. The van der Waals surface area contributed by atoms with Gasteiger partial charge in [-0.2, -0.15) is 0 Å². The van der Waals surface area contributed by atoms with Gasteiger partial charge in [-0.1, -0.05) is 301 Å². The van der Waals surface area contributed by atoms with Crippen molar-refractivity contribution in [3.63, 3.8) is 0 Å². The SMILES string of the molecule is CC(C)(C)c1cc(-c2cc(-c3ccccc3)c(-n3c4ccccc4c4cc5c6c(c7ccccc7n6-c6cc(-c7c(C(C)(C)C)cccc7C(C)(C)C)cc7c6B5c5cc6c(cc5O7)C5(c7ccccc7-c7ccccc75)c5ccccc5-6)c43)cc2-c2ccccc2)cc(C(C)(C)C)c1. The van der Waals surface area contributed by atoms with Crippen LogP contribution in [0.5, 0.6) is 11.5 Å². The largest absolute Gasteiger partial charge is 0.458 e. The lowest BCUT2D eigenvalue weighted by Gasteiger charge is -2.36. The van der Waals surface area contributed by atoms with E-state index in [1.54, 1.807) is 0 Å². The monoisotopic (exact) mass is 1270 g/mol. The zero-order chi connectivity index (χ0) is 67.6. The zero-order valence-corrected chi connectivity index (χ0v) is 58.7. The second-order valence-electron chi connectivity index (χ2n) is 32.7. The van der Waals surface area contributed by atoms with Gasteiger partial charge in [-0.3, -0.25) is 0 Å². The van der Waals surface area contributed by atoms with E-state index in [1.165, 1.54) is 160 Å². The quantitative estimate of drug-likeness (QED) is 0.157. The van der Waals surface area contributed by atoms with E-state index in [1.807, 2.05) is 0 Å². The van der Waals surface area contributed by atoms with Gasteiger partial charge in [-0.15, -0.1) is 0 Å². The molecule has 19 rings (SSSR count). The van der Waals surface area contributed by atoms with Gasteiger partial charge in [0.2, 0.25) is 0 Å². The molecule has 0 saturated carbocycles. The molecule has 0 atom stereocenters. The van der Waals surface area contributed by atoms with Crippen molar-refractivity contribution < 1.29 is 4.74 Å². The molecule has 4 aliphatic rings. The molecule has 0 amide bonds. The molecule has 0 N–H and O–H groups in total. The maximum atomic E-state index is 7.93. The van der Waals surface area contributed by atoms with Crippen LogP contribution in [0.2, 0.25) is 0 Å². The summed E-state index contributed by atoms with van der Waals surface area (Å²) in [5.74, 6) is 1.82. The van der Waals surface area contributed by atoms with Gasteiger partial charge in [0.25, 0.3) is 6.71 Å². The third-order valence-corrected chi connectivity index (χ3v) is 22.7. The molecule has 4 heteroatoms. The number of aromatic nitrogens is 2. The number of hydrogen-bond acceptors (Lipinski definition) is 1. The van der Waals surface area contributed by atoms with E-state index in [2.05, 4.69) is 353 Å². The number of fused-ring (bicyclic) bond motifs is 21. The highest BCUT2D eigenvalue weighted by Crippen LogP contribution is 2.64. The van der Waals surface area contributed by atoms with Gasteiger partial charge < -0.3 is 13.9 Å². The van der Waals surface area contributed by atoms with Crippen molar-refractivity contribution >= 4 is 66.7 Å². The summed E-state index contributed by atoms with van der Waals surface area (Å²) >= 11 is 0. The minimum Gasteiger partial charge on any atom is -0.458 e. The van der Waals surface area contributed by atoms with E-state index in [-0.39, 0.29) is 28.4 Å². The molecular weight excluding hydrogens is 1200 g/mol. The maximum absolute atomic E-state index is 7.93. The van der Waals surface area contributed by atoms with Gasteiger partial charge >= 0.3 is 0 Å². The van der Waals surface area contributed by atoms with Crippen LogP contribution in [-0.2, 0) is 27.1 Å². The van der Waals surface area contributed by atoms with Crippen LogP contribution in [0.1, 0.15) is 128 Å². The Balaban J connectivity index is 0.964. The van der Waals surface area contributed by atoms with Crippen LogP contribution in [0.25, 0.3) is 122 Å². The number of rotatable bonds is 5. The second-order valence-corrected chi connectivity index (χ2v) is 32.7. The molecule has 478 valence electrons. The predicted molar refractivity (Wildman–Crippen MR) is 419 cm³/mol. The highest BCUT2D eigenvalue weighted by atomic mass is 16.5. The van der Waals surface area contributed by atoms with E-state index in [9.17, 15) is 0 Å². The molecule has 0 fully saturated rings. The Bertz CT molecular complexity index is 5880. The van der Waals surface area contributed by atoms with Crippen molar-refractivity contribution in [2.45, 2.75) is 110 Å². The fourth-order valence-electron chi connectivity index (χ4n) is 18.2. The van der Waals surface area contributed by atoms with Gasteiger partial charge in [0.15, 0.2) is 0 Å². The highest BCUT2D eigenvalue weighted by Gasteiger charge is 2.53. The molecule has 0 unspecified atom stereocenters. The van der Waals surface area contributed by atoms with Crippen molar-refractivity contribution in [3.05, 3.63) is 305 Å². The van der Waals surface area contributed by atoms with Crippen LogP contribution in [0.3, 0.4) is 0 Å². The molecule has 0 bridgehead atoms. The van der Waals surface area contributed by atoms with Gasteiger partial charge in [-0.25, -0.2) is 0 Å². The van der Waals surface area contributed by atoms with Crippen LogP contribution >= 0.6 is 0 Å². The maximum Gasteiger partial charge on any atom is 0.256 e. The first-order chi connectivity index (χ1) is 47.7. The molecule has 4 heterocycles. The van der Waals surface area contributed by atoms with Crippen molar-refractivity contribution in [2.75, 3.05) is 0 Å². The molecule has 3 nitrogen and oxygen atoms in total. The van der Waals surface area contributed by atoms with Crippen molar-refractivity contribution in [2.24, 2.45) is 0 Å². The van der Waals surface area contributed by atoms with E-state index in [0.717, 1.165) is 34.0 Å². The standard InChI is InChI=1S/C95H79BN2O/c1-91(2,3)60-46-58(47-61(50-60)92(4,5)6)67-51-69(57-32-17-14-18-33-57)82(54-68(67)56-30-15-13-16-31-56)97-80-44-27-22-37-65(80)71-53-79-90-87(89(71)97)66-38-23-28-45-81(66)98(90)83-48-59(86-75(93(7,8)9)42-29-43-76(86)94(10,11)12)49-85-88(83)96(79)78-52-70-64-36-21-26-41-74(64)95(77(70)55-84(78)99-85)72-39-24-19-34-62(72)63-35-20-25-40-73(63)95/h13-55H,1-12H3. The lowest BCUT2D eigenvalue weighted by molar-refractivity contribution is 0.486. The Morgan fingerprint density at radius 3 is 1.40 bits per heavy atom. The Kier molecular flexibility index (Phi) is 12.5. The van der Waals surface area contributed by atoms with Crippen LogP contribution in [0, 0.1) is 0 Å². The lowest BCUT2D eigenvalue weighted by Crippen LogP contribution is -2.58. The molecule has 2 aromatic heterocycles. The average molecular weight is 1280 g/mol. The predicted octanol–water partition coefficient (Wildman–Crippen LogP) is 23.0. The number of hydrogen-bond donors (Lipinski definition) is 0. The minimum atomic E-state index is -0.548. The summed E-state index contributed by atoms with van der Waals surface area (Å²) in [6.07, 6.45) is 0. The molecule has 0 saturated heterocycles. The summed E-state index contributed by atoms with van der Waals surface area (Å²) in [7, 11) is 0. The first-order valence-electron chi connectivity index (χ1n) is 35.6. The van der Waals surface area contributed by atoms with E-state index >= 15 is 0 Å². The van der Waals surface area contributed by atoms with Crippen molar-refractivity contribution in [1.29, 1.82) is 0 Å². The van der Waals surface area contributed by atoms with Crippen molar-refractivity contribution in [1.82, 2.24) is 9.13 Å². The Labute approximate surface area is 582 Å². The van der Waals surface area contributed by atoms with E-state index < -0.39 is 5.41 Å². The number of nitrogens with zero attached hydrogens (tertiary/aromatic N) is 2. The summed E-state index contributed by atoms with van der Waals surface area (Å²) in [5, 5.41) is 4.89. The number of para-hydroxylation sites is 2. The highest BCUT2D eigenvalue weighted by molar-refractivity contribution is 6.99. The van der Waals surface area contributed by atoms with Gasteiger partial charge in [-0.05, 0) is 186 Å². The zero-order valence-electron chi connectivity index (χ0n) is 58.7. The van der Waals surface area contributed by atoms with Gasteiger partial charge in [0.05, 0.1) is 33.2 Å². The second kappa shape index (κ2) is 20.7. The summed E-state index contributed by atoms with van der Waals surface area (Å²) in [6, 6.07) is 100. The molecule has 2 aliphatic heterocycles. The Hall–Kier alpha value is -10.7. The molecule has 13 aromatic carbocycles. The summed E-state index contributed by atoms with van der Waals surface area (Å²) in [5.41, 5.74) is 34.9. The van der Waals surface area contributed by atoms with E-state index in [4.69, 9.17) is 4.74 Å². The first-order valence-corrected chi connectivity index (χ1v) is 35.6. The number of benzene rings is 13. The molecule has 99 heavy (non-hydrogen) atoms. The molecule has 2 aliphatic carbocycles. The normalized spacial score (nSPS) is 14.0. The minimum absolute atomic E-state index is 0.0770. The molecular formula is C95H79BN2O. The van der Waals surface area contributed by atoms with Gasteiger partial charge in [0, 0.05) is 32.8 Å². The fraction of sp³-hybridized carbons (Fsp3) is 0.179. The van der Waals surface area contributed by atoms with Crippen molar-refractivity contribution in [3.8, 4) is 89.6 Å². The van der Waals surface area contributed by atoms with Crippen LogP contribution in [0.4, 0.5) is 0 Å². The average Bonchev–Trinajstić information content (AvgIpc) is 1.49. The number of ether oxygens (including phenoxy) is 1. The van der Waals surface area contributed by atoms with E-state index in [0.29, 0.717) is 0 Å². The first kappa shape index (κ1) is 59.6. The topological polar surface area (TPSA) is 19.1 Å². The van der Waals surface area contributed by atoms with Crippen LogP contribution < -0.4 is 21.1 Å². The summed E-state index contributed by atoms with van der Waals surface area (Å²) in [6.45, 7) is 28.1. The van der Waals surface area contributed by atoms with Crippen LogP contribution in [0.15, 0.2) is 261 Å². The molecule has 0 radical (unpaired) electrons. The Morgan fingerprint density at radius 1 is 0.313 bits per heavy atom.